The summed E-state index contributed by atoms with van der Waals surface area (Å²) in [6, 6.07) is 10.3. The van der Waals surface area contributed by atoms with Gasteiger partial charge >= 0.3 is 0 Å². The van der Waals surface area contributed by atoms with Gasteiger partial charge in [0, 0.05) is 26.2 Å². The van der Waals surface area contributed by atoms with E-state index in [-0.39, 0.29) is 5.75 Å². The Morgan fingerprint density at radius 1 is 1.30 bits per heavy atom. The van der Waals surface area contributed by atoms with E-state index in [0.29, 0.717) is 19.6 Å². The molecule has 0 bridgehead atoms. The second-order valence-electron chi connectivity index (χ2n) is 6.47. The Labute approximate surface area is 139 Å². The van der Waals surface area contributed by atoms with Crippen LogP contribution in [0.3, 0.4) is 0 Å². The van der Waals surface area contributed by atoms with Gasteiger partial charge in [0.2, 0.25) is 0 Å². The normalized spacial score (nSPS) is 20.3. The van der Waals surface area contributed by atoms with Crippen LogP contribution in [0.4, 0.5) is 0 Å². The molecule has 0 amide bonds. The molecule has 0 radical (unpaired) electrons. The molecular weight excluding hydrogens is 310 g/mol. The van der Waals surface area contributed by atoms with E-state index in [0.717, 1.165) is 18.9 Å². The fourth-order valence-corrected chi connectivity index (χ4v) is 4.05. The van der Waals surface area contributed by atoms with Crippen molar-refractivity contribution >= 4 is 15.8 Å². The molecule has 1 aliphatic rings. The molecule has 1 aromatic carbocycles. The largest absolute Gasteiger partial charge is 0.357 e. The molecule has 1 aromatic rings. The molecule has 6 heteroatoms. The van der Waals surface area contributed by atoms with Crippen LogP contribution >= 0.6 is 0 Å². The zero-order chi connectivity index (χ0) is 16.9. The summed E-state index contributed by atoms with van der Waals surface area (Å²) in [5, 5.41) is 3.28. The van der Waals surface area contributed by atoms with Crippen molar-refractivity contribution in [1.82, 2.24) is 10.2 Å². The van der Waals surface area contributed by atoms with E-state index >= 15 is 0 Å². The Hall–Kier alpha value is -1.56. The Morgan fingerprint density at radius 3 is 2.61 bits per heavy atom. The molecule has 1 fully saturated rings. The molecule has 0 aliphatic carbocycles. The molecule has 0 spiro atoms. The van der Waals surface area contributed by atoms with Crippen molar-refractivity contribution < 1.29 is 8.42 Å². The van der Waals surface area contributed by atoms with E-state index in [1.807, 2.05) is 25.1 Å². The molecule has 0 saturated carbocycles. The number of rotatable bonds is 4. The van der Waals surface area contributed by atoms with E-state index in [1.54, 1.807) is 13.8 Å². The molecule has 1 heterocycles. The van der Waals surface area contributed by atoms with Crippen LogP contribution in [0, 0.1) is 0 Å². The third-order valence-corrected chi connectivity index (χ3v) is 6.72. The summed E-state index contributed by atoms with van der Waals surface area (Å²) >= 11 is 0. The number of sulfone groups is 1. The number of hydrogen-bond donors (Lipinski definition) is 1. The smallest absolute Gasteiger partial charge is 0.194 e. The summed E-state index contributed by atoms with van der Waals surface area (Å²) in [6.07, 6.45) is 0.880. The predicted molar refractivity (Wildman–Crippen MR) is 95.6 cm³/mol. The van der Waals surface area contributed by atoms with Crippen LogP contribution in [0.1, 0.15) is 26.3 Å². The van der Waals surface area contributed by atoms with E-state index < -0.39 is 14.6 Å². The SMILES string of the molecule is CCNC(=NCCc1ccccc1)N1CCS(=O)(=O)C(C)(C)C1. The topological polar surface area (TPSA) is 61.8 Å². The zero-order valence-electron chi connectivity index (χ0n) is 14.2. The summed E-state index contributed by atoms with van der Waals surface area (Å²) in [4.78, 5) is 6.75. The lowest BCUT2D eigenvalue weighted by Gasteiger charge is -2.39. The molecule has 0 unspecified atom stereocenters. The molecule has 1 saturated heterocycles. The van der Waals surface area contributed by atoms with Gasteiger partial charge in [0.05, 0.1) is 10.5 Å². The Kier molecular flexibility index (Phi) is 5.68. The first-order chi connectivity index (χ1) is 10.9. The van der Waals surface area contributed by atoms with Crippen LogP contribution in [0.25, 0.3) is 0 Å². The van der Waals surface area contributed by atoms with Crippen LogP contribution in [-0.4, -0.2) is 56.0 Å². The summed E-state index contributed by atoms with van der Waals surface area (Å²) in [7, 11) is -3.03. The first-order valence-corrected chi connectivity index (χ1v) is 9.80. The minimum atomic E-state index is -3.03. The average Bonchev–Trinajstić information content (AvgIpc) is 2.50. The van der Waals surface area contributed by atoms with E-state index in [2.05, 4.69) is 27.3 Å². The van der Waals surface area contributed by atoms with Crippen LogP contribution in [0.2, 0.25) is 0 Å². The first kappa shape index (κ1) is 17.8. The maximum atomic E-state index is 12.1. The first-order valence-electron chi connectivity index (χ1n) is 8.15. The van der Waals surface area contributed by atoms with Crippen molar-refractivity contribution in [3.05, 3.63) is 35.9 Å². The Balaban J connectivity index is 2.04. The molecular formula is C17H27N3O2S. The number of hydrogen-bond acceptors (Lipinski definition) is 3. The Bertz CT molecular complexity index is 639. The molecule has 128 valence electrons. The monoisotopic (exact) mass is 337 g/mol. The summed E-state index contributed by atoms with van der Waals surface area (Å²) < 4.78 is 23.5. The minimum Gasteiger partial charge on any atom is -0.357 e. The number of benzene rings is 1. The van der Waals surface area contributed by atoms with Crippen molar-refractivity contribution in [2.75, 3.05) is 31.9 Å². The highest BCUT2D eigenvalue weighted by molar-refractivity contribution is 7.92. The van der Waals surface area contributed by atoms with E-state index in [4.69, 9.17) is 0 Å². The third kappa shape index (κ3) is 4.47. The quantitative estimate of drug-likeness (QED) is 0.671. The van der Waals surface area contributed by atoms with Crippen molar-refractivity contribution in [3.63, 3.8) is 0 Å². The molecule has 1 N–H and O–H groups in total. The molecule has 23 heavy (non-hydrogen) atoms. The van der Waals surface area contributed by atoms with Gasteiger partial charge in [-0.05, 0) is 32.8 Å². The van der Waals surface area contributed by atoms with Gasteiger partial charge < -0.3 is 10.2 Å². The molecule has 2 rings (SSSR count). The van der Waals surface area contributed by atoms with Crippen molar-refractivity contribution in [1.29, 1.82) is 0 Å². The lowest BCUT2D eigenvalue weighted by molar-refractivity contribution is 0.353. The van der Waals surface area contributed by atoms with Gasteiger partial charge in [0.15, 0.2) is 15.8 Å². The van der Waals surface area contributed by atoms with Crippen LogP contribution in [-0.2, 0) is 16.3 Å². The van der Waals surface area contributed by atoms with Gasteiger partial charge in [0.1, 0.15) is 0 Å². The second kappa shape index (κ2) is 7.34. The average molecular weight is 337 g/mol. The van der Waals surface area contributed by atoms with Gasteiger partial charge in [0.25, 0.3) is 0 Å². The number of guanidine groups is 1. The van der Waals surface area contributed by atoms with Crippen molar-refractivity contribution in [2.45, 2.75) is 31.9 Å². The van der Waals surface area contributed by atoms with E-state index in [9.17, 15) is 8.42 Å². The van der Waals surface area contributed by atoms with Crippen molar-refractivity contribution in [2.24, 2.45) is 4.99 Å². The molecule has 0 aromatic heterocycles. The third-order valence-electron chi connectivity index (χ3n) is 4.18. The standard InChI is InChI=1S/C17H27N3O2S/c1-4-18-16(19-11-10-15-8-6-5-7-9-15)20-12-13-23(21,22)17(2,3)14-20/h5-9H,4,10-14H2,1-3H3,(H,18,19). The maximum Gasteiger partial charge on any atom is 0.194 e. The maximum absolute atomic E-state index is 12.1. The molecule has 0 atom stereocenters. The number of nitrogens with one attached hydrogen (secondary N) is 1. The number of nitrogens with zero attached hydrogens (tertiary/aromatic N) is 2. The van der Waals surface area contributed by atoms with Gasteiger partial charge in [-0.25, -0.2) is 8.42 Å². The lowest BCUT2D eigenvalue weighted by atomic mass is 10.1. The highest BCUT2D eigenvalue weighted by Crippen LogP contribution is 2.23. The van der Waals surface area contributed by atoms with E-state index in [1.165, 1.54) is 5.56 Å². The minimum absolute atomic E-state index is 0.184. The zero-order valence-corrected chi connectivity index (χ0v) is 15.1. The summed E-state index contributed by atoms with van der Waals surface area (Å²) in [6.45, 7) is 8.06. The van der Waals surface area contributed by atoms with Gasteiger partial charge in [-0.3, -0.25) is 4.99 Å². The molecule has 5 nitrogen and oxygen atoms in total. The fraction of sp³-hybridized carbons (Fsp3) is 0.588. The van der Waals surface area contributed by atoms with Crippen LogP contribution in [0.5, 0.6) is 0 Å². The van der Waals surface area contributed by atoms with Gasteiger partial charge in [-0.15, -0.1) is 0 Å². The second-order valence-corrected chi connectivity index (χ2v) is 9.21. The summed E-state index contributed by atoms with van der Waals surface area (Å²) in [5.74, 6) is 0.995. The highest BCUT2D eigenvalue weighted by Gasteiger charge is 2.40. The van der Waals surface area contributed by atoms with Crippen LogP contribution in [0.15, 0.2) is 35.3 Å². The Morgan fingerprint density at radius 2 is 2.00 bits per heavy atom. The highest BCUT2D eigenvalue weighted by atomic mass is 32.2. The number of aliphatic imine (C=N–C) groups is 1. The molecule has 1 aliphatic heterocycles. The van der Waals surface area contributed by atoms with Gasteiger partial charge in [-0.2, -0.15) is 0 Å². The van der Waals surface area contributed by atoms with Crippen LogP contribution < -0.4 is 5.32 Å². The van der Waals surface area contributed by atoms with Gasteiger partial charge in [-0.1, -0.05) is 30.3 Å². The summed E-state index contributed by atoms with van der Waals surface area (Å²) in [5.41, 5.74) is 1.26. The lowest BCUT2D eigenvalue weighted by Crippen LogP contribution is -2.57. The predicted octanol–water partition coefficient (Wildman–Crippen LogP) is 1.70. The van der Waals surface area contributed by atoms with Crippen molar-refractivity contribution in [3.8, 4) is 0 Å². The fourth-order valence-electron chi connectivity index (χ4n) is 2.69.